The third kappa shape index (κ3) is 4.50. The van der Waals surface area contributed by atoms with Gasteiger partial charge >= 0.3 is 0 Å². The number of ether oxygens (including phenoxy) is 2. The fraction of sp³-hybridized carbons (Fsp3) is 0.500. The zero-order chi connectivity index (χ0) is 20.1. The number of carbonyl (C=O) groups is 1. The predicted octanol–water partition coefficient (Wildman–Crippen LogP) is 3.38. The molecule has 0 bridgehead atoms. The zero-order valence-electron chi connectivity index (χ0n) is 17.2. The van der Waals surface area contributed by atoms with Crippen molar-refractivity contribution in [2.24, 2.45) is 0 Å². The number of aryl methyl sites for hydroxylation is 1. The lowest BCUT2D eigenvalue weighted by Gasteiger charge is -2.37. The highest BCUT2D eigenvalue weighted by Gasteiger charge is 2.28. The number of methoxy groups -OCH3 is 2. The average Bonchev–Trinajstić information content (AvgIpc) is 3.17. The van der Waals surface area contributed by atoms with Gasteiger partial charge in [0.2, 0.25) is 0 Å². The number of rotatable bonds is 7. The van der Waals surface area contributed by atoms with Crippen LogP contribution in [0.3, 0.4) is 0 Å². The molecule has 2 aromatic rings. The van der Waals surface area contributed by atoms with E-state index < -0.39 is 0 Å². The Morgan fingerprint density at radius 2 is 2.04 bits per heavy atom. The molecule has 0 spiro atoms. The van der Waals surface area contributed by atoms with Gasteiger partial charge in [0.05, 0.1) is 26.0 Å². The first-order valence-corrected chi connectivity index (χ1v) is 9.78. The second kappa shape index (κ2) is 9.15. The van der Waals surface area contributed by atoms with Crippen molar-refractivity contribution in [2.45, 2.75) is 32.2 Å². The Morgan fingerprint density at radius 3 is 2.71 bits per heavy atom. The maximum atomic E-state index is 12.8. The number of piperidine rings is 1. The molecular formula is C22H30N2O4. The summed E-state index contributed by atoms with van der Waals surface area (Å²) in [5.74, 6) is 2.27. The van der Waals surface area contributed by atoms with Crippen LogP contribution in [0.25, 0.3) is 0 Å². The predicted molar refractivity (Wildman–Crippen MR) is 108 cm³/mol. The number of likely N-dealkylation sites (tertiary alicyclic amines) is 1. The van der Waals surface area contributed by atoms with Gasteiger partial charge in [0.25, 0.3) is 5.91 Å². The monoisotopic (exact) mass is 386 g/mol. The minimum atomic E-state index is 0.0734. The Bertz CT molecular complexity index is 802. The van der Waals surface area contributed by atoms with E-state index in [9.17, 15) is 4.79 Å². The molecule has 0 saturated carbocycles. The molecule has 1 atom stereocenters. The lowest BCUT2D eigenvalue weighted by atomic mass is 10.0. The van der Waals surface area contributed by atoms with Gasteiger partial charge in [-0.1, -0.05) is 6.07 Å². The van der Waals surface area contributed by atoms with Crippen LogP contribution in [0.15, 0.2) is 34.9 Å². The number of hydrogen-bond donors (Lipinski definition) is 0. The van der Waals surface area contributed by atoms with Gasteiger partial charge in [-0.05, 0) is 57.0 Å². The molecular weight excluding hydrogens is 356 g/mol. The number of furan rings is 1. The minimum Gasteiger partial charge on any atom is -0.493 e. The first-order chi connectivity index (χ1) is 13.5. The molecule has 2 heterocycles. The van der Waals surface area contributed by atoms with Crippen LogP contribution in [0.5, 0.6) is 11.5 Å². The lowest BCUT2D eigenvalue weighted by Crippen LogP contribution is -2.49. The number of amides is 1. The molecule has 1 amide bonds. The molecule has 6 nitrogen and oxygen atoms in total. The van der Waals surface area contributed by atoms with E-state index in [0.29, 0.717) is 17.4 Å². The molecule has 1 aliphatic heterocycles. The molecule has 1 aromatic carbocycles. The van der Waals surface area contributed by atoms with Gasteiger partial charge in [-0.15, -0.1) is 0 Å². The van der Waals surface area contributed by atoms with E-state index in [-0.39, 0.29) is 5.91 Å². The summed E-state index contributed by atoms with van der Waals surface area (Å²) in [7, 11) is 5.44. The van der Waals surface area contributed by atoms with Crippen LogP contribution in [0, 0.1) is 6.92 Å². The molecule has 6 heteroatoms. The molecule has 152 valence electrons. The molecule has 1 unspecified atom stereocenters. The Labute approximate surface area is 167 Å². The van der Waals surface area contributed by atoms with Crippen molar-refractivity contribution >= 4 is 5.91 Å². The summed E-state index contributed by atoms with van der Waals surface area (Å²) in [5, 5.41) is 0. The summed E-state index contributed by atoms with van der Waals surface area (Å²) >= 11 is 0. The molecule has 1 saturated heterocycles. The number of benzene rings is 1. The highest BCUT2D eigenvalue weighted by Crippen LogP contribution is 2.28. The highest BCUT2D eigenvalue weighted by molar-refractivity contribution is 5.95. The van der Waals surface area contributed by atoms with Crippen molar-refractivity contribution in [1.29, 1.82) is 0 Å². The van der Waals surface area contributed by atoms with Gasteiger partial charge in [-0.25, -0.2) is 0 Å². The van der Waals surface area contributed by atoms with Crippen LogP contribution in [-0.2, 0) is 6.42 Å². The van der Waals surface area contributed by atoms with Crippen LogP contribution in [-0.4, -0.2) is 62.7 Å². The molecule has 1 fully saturated rings. The summed E-state index contributed by atoms with van der Waals surface area (Å²) in [6.07, 6.45) is 4.63. The SMILES string of the molecule is COc1ccc(CCN(C)C2CCCN(C(=O)c3ccoc3C)C2)cc1OC. The molecule has 0 N–H and O–H groups in total. The summed E-state index contributed by atoms with van der Waals surface area (Å²) in [5.41, 5.74) is 1.89. The van der Waals surface area contributed by atoms with E-state index in [4.69, 9.17) is 13.9 Å². The van der Waals surface area contributed by atoms with Crippen molar-refractivity contribution in [1.82, 2.24) is 9.80 Å². The molecule has 1 aliphatic rings. The zero-order valence-corrected chi connectivity index (χ0v) is 17.2. The lowest BCUT2D eigenvalue weighted by molar-refractivity contribution is 0.0610. The summed E-state index contributed by atoms with van der Waals surface area (Å²) in [4.78, 5) is 17.1. The smallest absolute Gasteiger partial charge is 0.257 e. The highest BCUT2D eigenvalue weighted by atomic mass is 16.5. The first kappa shape index (κ1) is 20.3. The van der Waals surface area contributed by atoms with Crippen LogP contribution >= 0.6 is 0 Å². The second-order valence-corrected chi connectivity index (χ2v) is 7.36. The van der Waals surface area contributed by atoms with Crippen molar-refractivity contribution in [2.75, 3.05) is 40.9 Å². The maximum Gasteiger partial charge on any atom is 0.257 e. The van der Waals surface area contributed by atoms with Crippen molar-refractivity contribution < 1.29 is 18.7 Å². The standard InChI is InChI=1S/C22H30N2O4/c1-16-19(10-13-28-16)22(25)24-11-5-6-18(15-24)23(2)12-9-17-7-8-20(26-3)21(14-17)27-4/h7-8,10,13-14,18H,5-6,9,11-12,15H2,1-4H3. The Morgan fingerprint density at radius 1 is 1.25 bits per heavy atom. The van der Waals surface area contributed by atoms with Gasteiger partial charge in [0, 0.05) is 25.7 Å². The molecule has 3 rings (SSSR count). The van der Waals surface area contributed by atoms with Crippen LogP contribution in [0.2, 0.25) is 0 Å². The van der Waals surface area contributed by atoms with Crippen LogP contribution in [0.1, 0.15) is 34.5 Å². The van der Waals surface area contributed by atoms with Gasteiger partial charge in [0.1, 0.15) is 5.76 Å². The molecule has 0 aliphatic carbocycles. The summed E-state index contributed by atoms with van der Waals surface area (Å²) < 4.78 is 16.0. The van der Waals surface area contributed by atoms with Crippen LogP contribution in [0.4, 0.5) is 0 Å². The molecule has 0 radical (unpaired) electrons. The quantitative estimate of drug-likeness (QED) is 0.730. The number of likely N-dealkylation sites (N-methyl/N-ethyl adjacent to an activating group) is 1. The molecule has 1 aromatic heterocycles. The van der Waals surface area contributed by atoms with E-state index >= 15 is 0 Å². The number of nitrogens with zero attached hydrogens (tertiary/aromatic N) is 2. The normalized spacial score (nSPS) is 17.0. The van der Waals surface area contributed by atoms with E-state index in [1.165, 1.54) is 5.56 Å². The van der Waals surface area contributed by atoms with Crippen molar-refractivity contribution in [3.63, 3.8) is 0 Å². The largest absolute Gasteiger partial charge is 0.493 e. The number of carbonyl (C=O) groups excluding carboxylic acids is 1. The van der Waals surface area contributed by atoms with Gasteiger partial charge < -0.3 is 23.7 Å². The number of hydrogen-bond acceptors (Lipinski definition) is 5. The van der Waals surface area contributed by atoms with E-state index in [0.717, 1.165) is 50.4 Å². The van der Waals surface area contributed by atoms with E-state index in [2.05, 4.69) is 18.0 Å². The average molecular weight is 386 g/mol. The summed E-state index contributed by atoms with van der Waals surface area (Å²) in [6, 6.07) is 8.19. The maximum absolute atomic E-state index is 12.8. The van der Waals surface area contributed by atoms with Crippen molar-refractivity contribution in [3.05, 3.63) is 47.4 Å². The second-order valence-electron chi connectivity index (χ2n) is 7.36. The fourth-order valence-electron chi connectivity index (χ4n) is 3.80. The third-order valence-corrected chi connectivity index (χ3v) is 5.60. The topological polar surface area (TPSA) is 55.2 Å². The van der Waals surface area contributed by atoms with E-state index in [1.54, 1.807) is 26.5 Å². The first-order valence-electron chi connectivity index (χ1n) is 9.78. The van der Waals surface area contributed by atoms with E-state index in [1.807, 2.05) is 24.0 Å². The Hall–Kier alpha value is -2.47. The van der Waals surface area contributed by atoms with Gasteiger partial charge in [-0.3, -0.25) is 4.79 Å². The van der Waals surface area contributed by atoms with Gasteiger partial charge in [-0.2, -0.15) is 0 Å². The fourth-order valence-corrected chi connectivity index (χ4v) is 3.80. The Balaban J connectivity index is 1.58. The van der Waals surface area contributed by atoms with Gasteiger partial charge in [0.15, 0.2) is 11.5 Å². The third-order valence-electron chi connectivity index (χ3n) is 5.60. The van der Waals surface area contributed by atoms with Crippen LogP contribution < -0.4 is 9.47 Å². The molecule has 28 heavy (non-hydrogen) atoms. The summed E-state index contributed by atoms with van der Waals surface area (Å²) in [6.45, 7) is 4.33. The minimum absolute atomic E-state index is 0.0734. The Kier molecular flexibility index (Phi) is 6.62. The van der Waals surface area contributed by atoms with Crippen molar-refractivity contribution in [3.8, 4) is 11.5 Å².